The highest BCUT2D eigenvalue weighted by atomic mass is 35.5. The van der Waals surface area contributed by atoms with Gasteiger partial charge in [0.1, 0.15) is 5.82 Å². The average molecular weight is 394 g/mol. The summed E-state index contributed by atoms with van der Waals surface area (Å²) in [6.45, 7) is 0.377. The fraction of sp³-hybridized carbons (Fsp3) is 0.294. The average Bonchev–Trinajstić information content (AvgIpc) is 3.05. The normalized spacial score (nSPS) is 11.1. The molecule has 1 amide bonds. The van der Waals surface area contributed by atoms with E-state index in [2.05, 4.69) is 10.3 Å². The van der Waals surface area contributed by atoms with Gasteiger partial charge in [0.25, 0.3) is 5.56 Å². The number of benzene rings is 1. The van der Waals surface area contributed by atoms with Crippen LogP contribution < -0.4 is 16.6 Å². The molecule has 0 saturated heterocycles. The van der Waals surface area contributed by atoms with Crippen LogP contribution in [0.15, 0.2) is 34.1 Å². The summed E-state index contributed by atoms with van der Waals surface area (Å²) in [6.07, 6.45) is 2.10. The monoisotopic (exact) mass is 393 g/mol. The minimum Gasteiger partial charge on any atom is -0.326 e. The molecule has 3 rings (SSSR count). The minimum atomic E-state index is -0.558. The van der Waals surface area contributed by atoms with Gasteiger partial charge in [-0.1, -0.05) is 11.6 Å². The Hall–Kier alpha value is -2.94. The Morgan fingerprint density at radius 1 is 1.26 bits per heavy atom. The number of aryl methyl sites for hydroxylation is 2. The van der Waals surface area contributed by atoms with Gasteiger partial charge in [-0.3, -0.25) is 18.7 Å². The van der Waals surface area contributed by atoms with E-state index in [9.17, 15) is 18.8 Å². The highest BCUT2D eigenvalue weighted by Gasteiger charge is 2.14. The van der Waals surface area contributed by atoms with Crippen LogP contribution in [-0.2, 0) is 25.4 Å². The summed E-state index contributed by atoms with van der Waals surface area (Å²) in [5, 5.41) is 2.57. The third-order valence-electron chi connectivity index (χ3n) is 4.22. The smallest absolute Gasteiger partial charge is 0.326 e. The molecular weight excluding hydrogens is 377 g/mol. The molecule has 1 N–H and O–H groups in total. The summed E-state index contributed by atoms with van der Waals surface area (Å²) in [4.78, 5) is 40.4. The maximum absolute atomic E-state index is 13.1. The molecule has 0 aliphatic heterocycles. The van der Waals surface area contributed by atoms with Crippen molar-refractivity contribution in [1.82, 2.24) is 18.7 Å². The van der Waals surface area contributed by atoms with Crippen molar-refractivity contribution in [3.8, 4) is 0 Å². The van der Waals surface area contributed by atoms with Crippen molar-refractivity contribution < 1.29 is 9.18 Å². The molecule has 0 fully saturated rings. The van der Waals surface area contributed by atoms with Crippen LogP contribution in [0.5, 0.6) is 0 Å². The summed E-state index contributed by atoms with van der Waals surface area (Å²) in [5.41, 5.74) is 0.133. The van der Waals surface area contributed by atoms with Gasteiger partial charge in [0.15, 0.2) is 11.2 Å². The third kappa shape index (κ3) is 3.63. The number of rotatable bonds is 5. The van der Waals surface area contributed by atoms with Gasteiger partial charge in [0.05, 0.1) is 11.3 Å². The molecule has 0 aliphatic carbocycles. The van der Waals surface area contributed by atoms with E-state index in [-0.39, 0.29) is 17.4 Å². The number of carbonyl (C=O) groups excluding carboxylic acids is 1. The van der Waals surface area contributed by atoms with E-state index in [0.29, 0.717) is 29.8 Å². The molecule has 0 aliphatic rings. The van der Waals surface area contributed by atoms with E-state index in [1.54, 1.807) is 11.6 Å². The molecule has 0 bridgehead atoms. The fourth-order valence-electron chi connectivity index (χ4n) is 2.77. The SMILES string of the molecule is Cn1c(=O)c2c(ncn2CCCC(=O)Nc2ccc(F)c(Cl)c2)n(C)c1=O. The van der Waals surface area contributed by atoms with Crippen LogP contribution in [0.3, 0.4) is 0 Å². The lowest BCUT2D eigenvalue weighted by Crippen LogP contribution is -2.37. The van der Waals surface area contributed by atoms with Gasteiger partial charge >= 0.3 is 5.69 Å². The molecule has 8 nitrogen and oxygen atoms in total. The van der Waals surface area contributed by atoms with Crippen molar-refractivity contribution in [2.24, 2.45) is 14.1 Å². The van der Waals surface area contributed by atoms with Crippen molar-refractivity contribution >= 4 is 34.4 Å². The lowest BCUT2D eigenvalue weighted by Gasteiger charge is -2.08. The van der Waals surface area contributed by atoms with Gasteiger partial charge in [-0.05, 0) is 24.6 Å². The quantitative estimate of drug-likeness (QED) is 0.713. The zero-order valence-corrected chi connectivity index (χ0v) is 15.5. The number of hydrogen-bond acceptors (Lipinski definition) is 4. The number of nitrogens with zero attached hydrogens (tertiary/aromatic N) is 4. The number of hydrogen-bond donors (Lipinski definition) is 1. The first-order valence-electron chi connectivity index (χ1n) is 8.15. The number of amides is 1. The number of fused-ring (bicyclic) bond motifs is 1. The molecule has 0 radical (unpaired) electrons. The van der Waals surface area contributed by atoms with Gasteiger partial charge in [-0.15, -0.1) is 0 Å². The van der Waals surface area contributed by atoms with Crippen molar-refractivity contribution in [2.75, 3.05) is 5.32 Å². The van der Waals surface area contributed by atoms with E-state index in [1.807, 2.05) is 0 Å². The van der Waals surface area contributed by atoms with E-state index in [4.69, 9.17) is 11.6 Å². The molecule has 0 atom stereocenters. The minimum absolute atomic E-state index is 0.0702. The molecule has 0 saturated carbocycles. The standard InChI is InChI=1S/C17H17ClFN5O3/c1-22-15-14(16(26)23(2)17(22)27)24(9-20-15)7-3-4-13(25)21-10-5-6-12(19)11(18)8-10/h5-6,8-9H,3-4,7H2,1-2H3,(H,21,25). The van der Waals surface area contributed by atoms with E-state index in [0.717, 1.165) is 4.57 Å². The summed E-state index contributed by atoms with van der Waals surface area (Å²) in [7, 11) is 2.95. The molecule has 1 aromatic carbocycles. The Morgan fingerprint density at radius 3 is 2.70 bits per heavy atom. The highest BCUT2D eigenvalue weighted by molar-refractivity contribution is 6.31. The Bertz CT molecular complexity index is 1150. The van der Waals surface area contributed by atoms with Crippen LogP contribution in [0.25, 0.3) is 11.2 Å². The summed E-state index contributed by atoms with van der Waals surface area (Å²) in [6, 6.07) is 3.94. The second-order valence-corrected chi connectivity index (χ2v) is 6.50. The Labute approximate surface area is 157 Å². The first-order valence-corrected chi connectivity index (χ1v) is 8.53. The molecule has 2 heterocycles. The van der Waals surface area contributed by atoms with Gasteiger partial charge < -0.3 is 9.88 Å². The van der Waals surface area contributed by atoms with Crippen molar-refractivity contribution in [1.29, 1.82) is 0 Å². The second-order valence-electron chi connectivity index (χ2n) is 6.10. The number of halogens is 2. The Kier molecular flexibility index (Phi) is 5.13. The molecular formula is C17H17ClFN5O3. The fourth-order valence-corrected chi connectivity index (χ4v) is 2.95. The molecule has 0 spiro atoms. The summed E-state index contributed by atoms with van der Waals surface area (Å²) < 4.78 is 17.1. The maximum atomic E-state index is 13.1. The maximum Gasteiger partial charge on any atom is 0.332 e. The number of nitrogens with one attached hydrogen (secondary N) is 1. The number of anilines is 1. The summed E-state index contributed by atoms with van der Waals surface area (Å²) in [5.74, 6) is -0.819. The van der Waals surface area contributed by atoms with Gasteiger partial charge in [0, 0.05) is 32.7 Å². The largest absolute Gasteiger partial charge is 0.332 e. The van der Waals surface area contributed by atoms with Crippen LogP contribution in [0, 0.1) is 5.82 Å². The van der Waals surface area contributed by atoms with Gasteiger partial charge in [-0.25, -0.2) is 14.2 Å². The Balaban J connectivity index is 1.69. The van der Waals surface area contributed by atoms with E-state index >= 15 is 0 Å². The zero-order chi connectivity index (χ0) is 19.7. The lowest BCUT2D eigenvalue weighted by atomic mass is 10.2. The van der Waals surface area contributed by atoms with Crippen molar-refractivity contribution in [3.63, 3.8) is 0 Å². The van der Waals surface area contributed by atoms with Crippen LogP contribution in [-0.4, -0.2) is 24.6 Å². The van der Waals surface area contributed by atoms with Crippen LogP contribution >= 0.6 is 11.6 Å². The second kappa shape index (κ2) is 7.36. The highest BCUT2D eigenvalue weighted by Crippen LogP contribution is 2.19. The molecule has 2 aromatic heterocycles. The van der Waals surface area contributed by atoms with Crippen molar-refractivity contribution in [2.45, 2.75) is 19.4 Å². The first-order chi connectivity index (χ1) is 12.8. The lowest BCUT2D eigenvalue weighted by molar-refractivity contribution is -0.116. The number of aromatic nitrogens is 4. The van der Waals surface area contributed by atoms with Gasteiger partial charge in [0.2, 0.25) is 5.91 Å². The predicted molar refractivity (Wildman–Crippen MR) is 99.5 cm³/mol. The molecule has 10 heteroatoms. The topological polar surface area (TPSA) is 90.9 Å². The molecule has 3 aromatic rings. The molecule has 0 unspecified atom stereocenters. The first kappa shape index (κ1) is 18.8. The van der Waals surface area contributed by atoms with Crippen molar-refractivity contribution in [3.05, 3.63) is 56.2 Å². The van der Waals surface area contributed by atoms with E-state index in [1.165, 1.54) is 36.1 Å². The number of carbonyl (C=O) groups is 1. The predicted octanol–water partition coefficient (Wildman–Crippen LogP) is 1.65. The van der Waals surface area contributed by atoms with E-state index < -0.39 is 17.1 Å². The van der Waals surface area contributed by atoms with Crippen LogP contribution in [0.2, 0.25) is 5.02 Å². The number of imidazole rings is 1. The molecule has 27 heavy (non-hydrogen) atoms. The van der Waals surface area contributed by atoms with Gasteiger partial charge in [-0.2, -0.15) is 0 Å². The van der Waals surface area contributed by atoms with Crippen LogP contribution in [0.1, 0.15) is 12.8 Å². The van der Waals surface area contributed by atoms with Crippen LogP contribution in [0.4, 0.5) is 10.1 Å². The summed E-state index contributed by atoms with van der Waals surface area (Å²) >= 11 is 5.68. The third-order valence-corrected chi connectivity index (χ3v) is 4.51. The molecule has 142 valence electrons. The zero-order valence-electron chi connectivity index (χ0n) is 14.7. The Morgan fingerprint density at radius 2 is 2.00 bits per heavy atom.